The standard InChI is InChI=1S/C10H19NO3/c1-4-7-14-9-11(8-13-6-3)10(12)5-2/h5H,2,4,6-9H2,1,3H3. The fourth-order valence-electron chi connectivity index (χ4n) is 0.814. The van der Waals surface area contributed by atoms with Gasteiger partial charge in [-0.15, -0.1) is 0 Å². The van der Waals surface area contributed by atoms with Crippen molar-refractivity contribution in [2.45, 2.75) is 20.3 Å². The van der Waals surface area contributed by atoms with Gasteiger partial charge in [-0.05, 0) is 19.4 Å². The van der Waals surface area contributed by atoms with Crippen LogP contribution in [0.5, 0.6) is 0 Å². The average Bonchev–Trinajstić information content (AvgIpc) is 2.22. The zero-order valence-corrected chi connectivity index (χ0v) is 8.99. The van der Waals surface area contributed by atoms with Gasteiger partial charge in [0.2, 0.25) is 5.91 Å². The second-order valence-electron chi connectivity index (χ2n) is 2.74. The van der Waals surface area contributed by atoms with Gasteiger partial charge in [0.1, 0.15) is 13.5 Å². The zero-order chi connectivity index (χ0) is 10.8. The van der Waals surface area contributed by atoms with Crippen molar-refractivity contribution >= 4 is 5.91 Å². The molecule has 0 rings (SSSR count). The largest absolute Gasteiger partial charge is 0.361 e. The van der Waals surface area contributed by atoms with Crippen LogP contribution in [0.4, 0.5) is 0 Å². The van der Waals surface area contributed by atoms with Crippen LogP contribution in [-0.4, -0.2) is 37.5 Å². The molecular formula is C10H19NO3. The third-order valence-corrected chi connectivity index (χ3v) is 1.53. The van der Waals surface area contributed by atoms with Crippen LogP contribution < -0.4 is 0 Å². The summed E-state index contributed by atoms with van der Waals surface area (Å²) < 4.78 is 10.4. The monoisotopic (exact) mass is 201 g/mol. The number of amides is 1. The van der Waals surface area contributed by atoms with Crippen LogP contribution in [0.15, 0.2) is 12.7 Å². The highest BCUT2D eigenvalue weighted by atomic mass is 16.5. The van der Waals surface area contributed by atoms with E-state index >= 15 is 0 Å². The molecule has 0 radical (unpaired) electrons. The molecule has 4 nitrogen and oxygen atoms in total. The normalized spacial score (nSPS) is 9.86. The van der Waals surface area contributed by atoms with E-state index in [2.05, 4.69) is 6.58 Å². The molecule has 0 heterocycles. The maximum Gasteiger partial charge on any atom is 0.249 e. The topological polar surface area (TPSA) is 38.8 Å². The van der Waals surface area contributed by atoms with Crippen LogP contribution >= 0.6 is 0 Å². The molecule has 0 atom stereocenters. The van der Waals surface area contributed by atoms with E-state index in [1.54, 1.807) is 0 Å². The van der Waals surface area contributed by atoms with Crippen LogP contribution in [0, 0.1) is 0 Å². The van der Waals surface area contributed by atoms with Gasteiger partial charge in [-0.3, -0.25) is 9.69 Å². The summed E-state index contributed by atoms with van der Waals surface area (Å²) in [4.78, 5) is 12.7. The first-order valence-electron chi connectivity index (χ1n) is 4.83. The minimum Gasteiger partial charge on any atom is -0.361 e. The molecule has 0 unspecified atom stereocenters. The van der Waals surface area contributed by atoms with E-state index in [0.29, 0.717) is 13.2 Å². The lowest BCUT2D eigenvalue weighted by molar-refractivity contribution is -0.139. The third-order valence-electron chi connectivity index (χ3n) is 1.53. The lowest BCUT2D eigenvalue weighted by atomic mass is 10.5. The quantitative estimate of drug-likeness (QED) is 0.338. The van der Waals surface area contributed by atoms with Gasteiger partial charge in [0.25, 0.3) is 0 Å². The Kier molecular flexibility index (Phi) is 8.17. The van der Waals surface area contributed by atoms with Crippen molar-refractivity contribution in [1.29, 1.82) is 0 Å². The Bertz CT molecular complexity index is 171. The summed E-state index contributed by atoms with van der Waals surface area (Å²) in [6.45, 7) is 9.05. The van der Waals surface area contributed by atoms with Crippen LogP contribution in [0.25, 0.3) is 0 Å². The van der Waals surface area contributed by atoms with Crippen molar-refractivity contribution in [2.75, 3.05) is 26.7 Å². The number of rotatable bonds is 8. The fourth-order valence-corrected chi connectivity index (χ4v) is 0.814. The molecule has 0 N–H and O–H groups in total. The Balaban J connectivity index is 3.84. The summed E-state index contributed by atoms with van der Waals surface area (Å²) in [7, 11) is 0. The SMILES string of the molecule is C=CC(=O)N(COCC)COCCC. The number of hydrogen-bond donors (Lipinski definition) is 0. The second-order valence-corrected chi connectivity index (χ2v) is 2.74. The van der Waals surface area contributed by atoms with Crippen molar-refractivity contribution in [2.24, 2.45) is 0 Å². The molecule has 0 saturated heterocycles. The molecule has 0 fully saturated rings. The molecule has 0 aromatic rings. The van der Waals surface area contributed by atoms with Gasteiger partial charge < -0.3 is 9.47 Å². The van der Waals surface area contributed by atoms with Gasteiger partial charge >= 0.3 is 0 Å². The van der Waals surface area contributed by atoms with Crippen molar-refractivity contribution in [1.82, 2.24) is 4.90 Å². The van der Waals surface area contributed by atoms with Gasteiger partial charge in [0, 0.05) is 13.2 Å². The van der Waals surface area contributed by atoms with Gasteiger partial charge in [-0.2, -0.15) is 0 Å². The van der Waals surface area contributed by atoms with Crippen LogP contribution in [0.1, 0.15) is 20.3 Å². The predicted octanol–water partition coefficient (Wildman–Crippen LogP) is 1.38. The van der Waals surface area contributed by atoms with E-state index in [4.69, 9.17) is 9.47 Å². The highest BCUT2D eigenvalue weighted by Crippen LogP contribution is 1.94. The average molecular weight is 201 g/mol. The molecule has 0 aliphatic heterocycles. The van der Waals surface area contributed by atoms with Gasteiger partial charge in [-0.1, -0.05) is 13.5 Å². The number of hydrogen-bond acceptors (Lipinski definition) is 3. The van der Waals surface area contributed by atoms with Crippen molar-refractivity contribution in [3.05, 3.63) is 12.7 Å². The molecule has 4 heteroatoms. The number of carbonyl (C=O) groups excluding carboxylic acids is 1. The molecular weight excluding hydrogens is 182 g/mol. The summed E-state index contributed by atoms with van der Waals surface area (Å²) in [5.41, 5.74) is 0. The van der Waals surface area contributed by atoms with E-state index in [-0.39, 0.29) is 19.4 Å². The lowest BCUT2D eigenvalue weighted by Gasteiger charge is -2.20. The van der Waals surface area contributed by atoms with Crippen LogP contribution in [-0.2, 0) is 14.3 Å². The first-order valence-corrected chi connectivity index (χ1v) is 4.83. The Morgan fingerprint density at radius 3 is 2.50 bits per heavy atom. The molecule has 0 aromatic carbocycles. The molecule has 0 aliphatic rings. The summed E-state index contributed by atoms with van der Waals surface area (Å²) in [6, 6.07) is 0. The van der Waals surface area contributed by atoms with Crippen LogP contribution in [0.2, 0.25) is 0 Å². The second kappa shape index (κ2) is 8.72. The van der Waals surface area contributed by atoms with E-state index in [1.165, 1.54) is 11.0 Å². The Morgan fingerprint density at radius 1 is 1.36 bits per heavy atom. The minimum absolute atomic E-state index is 0.172. The van der Waals surface area contributed by atoms with E-state index in [0.717, 1.165) is 6.42 Å². The fraction of sp³-hybridized carbons (Fsp3) is 0.700. The van der Waals surface area contributed by atoms with E-state index in [9.17, 15) is 4.79 Å². The zero-order valence-electron chi connectivity index (χ0n) is 8.99. The summed E-state index contributed by atoms with van der Waals surface area (Å²) in [5.74, 6) is -0.172. The molecule has 1 amide bonds. The predicted molar refractivity (Wildman–Crippen MR) is 54.6 cm³/mol. The maximum absolute atomic E-state index is 11.3. The highest BCUT2D eigenvalue weighted by molar-refractivity contribution is 5.86. The molecule has 0 aromatic heterocycles. The molecule has 0 spiro atoms. The van der Waals surface area contributed by atoms with Gasteiger partial charge in [0.15, 0.2) is 0 Å². The minimum atomic E-state index is -0.172. The Morgan fingerprint density at radius 2 is 2.00 bits per heavy atom. The van der Waals surface area contributed by atoms with Gasteiger partial charge in [0.05, 0.1) is 0 Å². The number of carbonyl (C=O) groups is 1. The summed E-state index contributed by atoms with van der Waals surface area (Å²) in [5, 5.41) is 0. The van der Waals surface area contributed by atoms with Crippen molar-refractivity contribution in [3.63, 3.8) is 0 Å². The summed E-state index contributed by atoms with van der Waals surface area (Å²) in [6.07, 6.45) is 2.19. The summed E-state index contributed by atoms with van der Waals surface area (Å²) >= 11 is 0. The van der Waals surface area contributed by atoms with Crippen LogP contribution in [0.3, 0.4) is 0 Å². The van der Waals surface area contributed by atoms with Gasteiger partial charge in [-0.25, -0.2) is 0 Å². The maximum atomic E-state index is 11.3. The highest BCUT2D eigenvalue weighted by Gasteiger charge is 2.08. The molecule has 0 bridgehead atoms. The molecule has 82 valence electrons. The number of ether oxygens (including phenoxy) is 2. The van der Waals surface area contributed by atoms with E-state index in [1.807, 2.05) is 13.8 Å². The molecule has 0 aliphatic carbocycles. The molecule has 0 saturated carbocycles. The number of nitrogens with zero attached hydrogens (tertiary/aromatic N) is 1. The van der Waals surface area contributed by atoms with Crippen molar-refractivity contribution in [3.8, 4) is 0 Å². The third kappa shape index (κ3) is 5.72. The Labute approximate surface area is 85.5 Å². The Hall–Kier alpha value is -0.870. The smallest absolute Gasteiger partial charge is 0.249 e. The van der Waals surface area contributed by atoms with Crippen molar-refractivity contribution < 1.29 is 14.3 Å². The lowest BCUT2D eigenvalue weighted by Crippen LogP contribution is -2.34. The first kappa shape index (κ1) is 13.1. The molecule has 14 heavy (non-hydrogen) atoms. The first-order chi connectivity index (χ1) is 6.76. The van der Waals surface area contributed by atoms with E-state index < -0.39 is 0 Å².